The van der Waals surface area contributed by atoms with Gasteiger partial charge in [0.1, 0.15) is 0 Å². The van der Waals surface area contributed by atoms with Gasteiger partial charge < -0.3 is 20.7 Å². The summed E-state index contributed by atoms with van der Waals surface area (Å²) >= 11 is 0. The molecule has 21 heavy (non-hydrogen) atoms. The number of carbonyl (C=O) groups is 1. The molecular weight excluding hydrogens is 270 g/mol. The third kappa shape index (κ3) is 3.45. The number of nitrogens with two attached hydrogens (primary N) is 1. The SMILES string of the molecule is COc1cc(CC(C(=O)O)c2ccc(N)cc2)ccc1O. The van der Waals surface area contributed by atoms with E-state index >= 15 is 0 Å². The summed E-state index contributed by atoms with van der Waals surface area (Å²) < 4.78 is 5.04. The number of nitrogen functional groups attached to an aromatic ring is 1. The number of hydrogen-bond donors (Lipinski definition) is 3. The Bertz CT molecular complexity index is 637. The van der Waals surface area contributed by atoms with E-state index in [1.165, 1.54) is 13.2 Å². The normalized spacial score (nSPS) is 11.9. The van der Waals surface area contributed by atoms with Gasteiger partial charge in [-0.05, 0) is 41.8 Å². The smallest absolute Gasteiger partial charge is 0.311 e. The van der Waals surface area contributed by atoms with E-state index in [4.69, 9.17) is 10.5 Å². The number of phenols is 1. The molecule has 0 heterocycles. The molecule has 0 amide bonds. The molecule has 0 aliphatic rings. The van der Waals surface area contributed by atoms with Crippen molar-refractivity contribution in [3.05, 3.63) is 53.6 Å². The lowest BCUT2D eigenvalue weighted by atomic mass is 9.92. The number of anilines is 1. The number of ether oxygens (including phenoxy) is 1. The highest BCUT2D eigenvalue weighted by molar-refractivity contribution is 5.76. The van der Waals surface area contributed by atoms with E-state index in [1.54, 1.807) is 36.4 Å². The number of rotatable bonds is 5. The molecule has 0 fully saturated rings. The topological polar surface area (TPSA) is 92.8 Å². The van der Waals surface area contributed by atoms with Crippen molar-refractivity contribution < 1.29 is 19.7 Å². The molecule has 0 spiro atoms. The first kappa shape index (κ1) is 14.7. The molecule has 0 aliphatic heterocycles. The van der Waals surface area contributed by atoms with Crippen LogP contribution in [0, 0.1) is 0 Å². The van der Waals surface area contributed by atoms with Crippen molar-refractivity contribution in [3.8, 4) is 11.5 Å². The standard InChI is InChI=1S/C16H17NO4/c1-21-15-9-10(2-7-14(15)18)8-13(16(19)20)11-3-5-12(17)6-4-11/h2-7,9,13,18H,8,17H2,1H3,(H,19,20). The Labute approximate surface area is 122 Å². The molecule has 1 unspecified atom stereocenters. The molecule has 4 N–H and O–H groups in total. The number of carboxylic acids is 1. The third-order valence-corrected chi connectivity index (χ3v) is 3.32. The first-order chi connectivity index (χ1) is 10.0. The van der Waals surface area contributed by atoms with Gasteiger partial charge in [0.15, 0.2) is 11.5 Å². The number of benzene rings is 2. The van der Waals surface area contributed by atoms with Crippen molar-refractivity contribution in [1.82, 2.24) is 0 Å². The Morgan fingerprint density at radius 3 is 2.48 bits per heavy atom. The number of aliphatic carboxylic acids is 1. The number of methoxy groups -OCH3 is 1. The zero-order valence-corrected chi connectivity index (χ0v) is 11.6. The second kappa shape index (κ2) is 6.17. The molecule has 0 saturated carbocycles. The lowest BCUT2D eigenvalue weighted by Gasteiger charge is -2.14. The molecule has 2 aromatic carbocycles. The maximum absolute atomic E-state index is 11.5. The summed E-state index contributed by atoms with van der Waals surface area (Å²) in [5, 5.41) is 19.0. The fraction of sp³-hybridized carbons (Fsp3) is 0.188. The van der Waals surface area contributed by atoms with Crippen LogP contribution < -0.4 is 10.5 Å². The van der Waals surface area contributed by atoms with Gasteiger partial charge in [-0.2, -0.15) is 0 Å². The van der Waals surface area contributed by atoms with E-state index in [-0.39, 0.29) is 5.75 Å². The van der Waals surface area contributed by atoms with Gasteiger partial charge in [0.2, 0.25) is 0 Å². The Morgan fingerprint density at radius 1 is 1.24 bits per heavy atom. The molecule has 2 rings (SSSR count). The molecule has 0 aliphatic carbocycles. The van der Waals surface area contributed by atoms with Gasteiger partial charge in [0.25, 0.3) is 0 Å². The molecule has 0 saturated heterocycles. The van der Waals surface area contributed by atoms with Crippen molar-refractivity contribution in [2.75, 3.05) is 12.8 Å². The molecular formula is C16H17NO4. The summed E-state index contributed by atoms with van der Waals surface area (Å²) in [6.45, 7) is 0. The minimum absolute atomic E-state index is 0.0283. The molecule has 0 bridgehead atoms. The average Bonchev–Trinajstić information content (AvgIpc) is 2.47. The Kier molecular flexibility index (Phi) is 4.33. The summed E-state index contributed by atoms with van der Waals surface area (Å²) in [6, 6.07) is 11.6. The molecule has 5 nitrogen and oxygen atoms in total. The van der Waals surface area contributed by atoms with Crippen LogP contribution in [0.5, 0.6) is 11.5 Å². The number of phenolic OH excluding ortho intramolecular Hbond substituents is 1. The molecule has 2 aromatic rings. The minimum Gasteiger partial charge on any atom is -0.504 e. The van der Waals surface area contributed by atoms with Crippen LogP contribution in [-0.4, -0.2) is 23.3 Å². The van der Waals surface area contributed by atoms with Crippen molar-refractivity contribution in [3.63, 3.8) is 0 Å². The van der Waals surface area contributed by atoms with Crippen molar-refractivity contribution in [2.45, 2.75) is 12.3 Å². The monoisotopic (exact) mass is 287 g/mol. The van der Waals surface area contributed by atoms with Crippen LogP contribution >= 0.6 is 0 Å². The van der Waals surface area contributed by atoms with E-state index < -0.39 is 11.9 Å². The van der Waals surface area contributed by atoms with Crippen LogP contribution in [-0.2, 0) is 11.2 Å². The van der Waals surface area contributed by atoms with E-state index in [9.17, 15) is 15.0 Å². The second-order valence-electron chi connectivity index (χ2n) is 4.77. The quantitative estimate of drug-likeness (QED) is 0.734. The fourth-order valence-electron chi connectivity index (χ4n) is 2.16. The van der Waals surface area contributed by atoms with Crippen LogP contribution in [0.1, 0.15) is 17.0 Å². The van der Waals surface area contributed by atoms with Gasteiger partial charge in [0.05, 0.1) is 13.0 Å². The third-order valence-electron chi connectivity index (χ3n) is 3.32. The first-order valence-electron chi connectivity index (χ1n) is 6.45. The predicted molar refractivity (Wildman–Crippen MR) is 79.6 cm³/mol. The highest BCUT2D eigenvalue weighted by Crippen LogP contribution is 2.29. The van der Waals surface area contributed by atoms with Crippen molar-refractivity contribution in [1.29, 1.82) is 0 Å². The van der Waals surface area contributed by atoms with Crippen LogP contribution in [0.4, 0.5) is 5.69 Å². The highest BCUT2D eigenvalue weighted by atomic mass is 16.5. The van der Waals surface area contributed by atoms with Crippen molar-refractivity contribution >= 4 is 11.7 Å². The maximum atomic E-state index is 11.5. The van der Waals surface area contributed by atoms with Gasteiger partial charge in [-0.25, -0.2) is 0 Å². The Hall–Kier alpha value is -2.69. The summed E-state index contributed by atoms with van der Waals surface area (Å²) in [5.74, 6) is -1.23. The minimum atomic E-state index is -0.910. The summed E-state index contributed by atoms with van der Waals surface area (Å²) in [6.07, 6.45) is 0.301. The highest BCUT2D eigenvalue weighted by Gasteiger charge is 2.20. The van der Waals surface area contributed by atoms with E-state index in [0.29, 0.717) is 23.4 Å². The largest absolute Gasteiger partial charge is 0.504 e. The van der Waals surface area contributed by atoms with Crippen LogP contribution in [0.3, 0.4) is 0 Å². The van der Waals surface area contributed by atoms with Gasteiger partial charge in [0, 0.05) is 5.69 Å². The first-order valence-corrected chi connectivity index (χ1v) is 6.45. The zero-order chi connectivity index (χ0) is 15.4. The van der Waals surface area contributed by atoms with E-state index in [2.05, 4.69) is 0 Å². The number of hydrogen-bond acceptors (Lipinski definition) is 4. The van der Waals surface area contributed by atoms with Gasteiger partial charge in [-0.15, -0.1) is 0 Å². The molecule has 0 radical (unpaired) electrons. The van der Waals surface area contributed by atoms with E-state index in [1.807, 2.05) is 0 Å². The lowest BCUT2D eigenvalue weighted by Crippen LogP contribution is -2.14. The molecule has 1 atom stereocenters. The fourth-order valence-corrected chi connectivity index (χ4v) is 2.16. The van der Waals surface area contributed by atoms with Gasteiger partial charge >= 0.3 is 5.97 Å². The number of carboxylic acid groups (broad SMARTS) is 1. The summed E-state index contributed by atoms with van der Waals surface area (Å²) in [5.41, 5.74) is 7.67. The molecule has 110 valence electrons. The Balaban J connectivity index is 2.28. The zero-order valence-electron chi connectivity index (χ0n) is 11.6. The number of aromatic hydroxyl groups is 1. The van der Waals surface area contributed by atoms with Gasteiger partial charge in [-0.3, -0.25) is 4.79 Å². The van der Waals surface area contributed by atoms with Gasteiger partial charge in [-0.1, -0.05) is 18.2 Å². The lowest BCUT2D eigenvalue weighted by molar-refractivity contribution is -0.138. The van der Waals surface area contributed by atoms with Crippen molar-refractivity contribution in [2.24, 2.45) is 0 Å². The summed E-state index contributed by atoms with van der Waals surface area (Å²) in [4.78, 5) is 11.5. The van der Waals surface area contributed by atoms with E-state index in [0.717, 1.165) is 5.56 Å². The van der Waals surface area contributed by atoms with Crippen LogP contribution in [0.2, 0.25) is 0 Å². The Morgan fingerprint density at radius 2 is 1.90 bits per heavy atom. The second-order valence-corrected chi connectivity index (χ2v) is 4.77. The predicted octanol–water partition coefficient (Wildman–Crippen LogP) is 2.39. The van der Waals surface area contributed by atoms with Crippen LogP contribution in [0.15, 0.2) is 42.5 Å². The van der Waals surface area contributed by atoms with Crippen LogP contribution in [0.25, 0.3) is 0 Å². The average molecular weight is 287 g/mol. The molecule has 0 aromatic heterocycles. The maximum Gasteiger partial charge on any atom is 0.311 e. The molecule has 5 heteroatoms. The summed E-state index contributed by atoms with van der Waals surface area (Å²) in [7, 11) is 1.45.